The summed E-state index contributed by atoms with van der Waals surface area (Å²) in [5, 5.41) is 0. The van der Waals surface area contributed by atoms with E-state index in [1.54, 1.807) is 6.07 Å². The fourth-order valence-corrected chi connectivity index (χ4v) is 1.63. The summed E-state index contributed by atoms with van der Waals surface area (Å²) in [4.78, 5) is 3.96. The number of hydrogen-bond acceptors (Lipinski definition) is 2. The molecule has 0 saturated carbocycles. The number of nitrogens with zero attached hydrogens (tertiary/aromatic N) is 1. The van der Waals surface area contributed by atoms with Crippen LogP contribution in [0.5, 0.6) is 0 Å². The van der Waals surface area contributed by atoms with Gasteiger partial charge in [-0.1, -0.05) is 12.1 Å². The molecule has 2 nitrogen and oxygen atoms in total. The highest BCUT2D eigenvalue weighted by Gasteiger charge is 2.30. The Kier molecular flexibility index (Phi) is 2.92. The number of aromatic nitrogens is 1. The molecule has 0 bridgehead atoms. The summed E-state index contributed by atoms with van der Waals surface area (Å²) in [7, 11) is 0. The maximum Gasteiger partial charge on any atom is 0.416 e. The van der Waals surface area contributed by atoms with E-state index >= 15 is 0 Å². The third kappa shape index (κ3) is 2.37. The standard InChI is InChI=1S/C10H5F3INO/c11-10(12,13)7-3-1-2-6(4-7)8-5-16-9(14)15-8/h1-5H. The molecule has 0 radical (unpaired) electrons. The first-order valence-electron chi connectivity index (χ1n) is 4.25. The van der Waals surface area contributed by atoms with E-state index in [1.807, 2.05) is 22.6 Å². The van der Waals surface area contributed by atoms with Crippen LogP contribution in [-0.2, 0) is 6.18 Å². The summed E-state index contributed by atoms with van der Waals surface area (Å²) in [5.74, 6) is 0. The molecule has 6 heteroatoms. The Bertz CT molecular complexity index is 507. The molecule has 84 valence electrons. The van der Waals surface area contributed by atoms with Crippen LogP contribution in [0.2, 0.25) is 0 Å². The van der Waals surface area contributed by atoms with Gasteiger partial charge in [0, 0.05) is 28.2 Å². The minimum absolute atomic E-state index is 0.390. The molecule has 0 fully saturated rings. The second-order valence-electron chi connectivity index (χ2n) is 3.06. The summed E-state index contributed by atoms with van der Waals surface area (Å²) in [6, 6.07) is 4.98. The van der Waals surface area contributed by atoms with Crippen LogP contribution in [0.4, 0.5) is 13.2 Å². The van der Waals surface area contributed by atoms with Crippen molar-refractivity contribution in [3.05, 3.63) is 40.0 Å². The van der Waals surface area contributed by atoms with Crippen molar-refractivity contribution in [2.45, 2.75) is 6.18 Å². The van der Waals surface area contributed by atoms with Crippen LogP contribution in [0.3, 0.4) is 0 Å². The molecule has 0 aliphatic carbocycles. The zero-order valence-electron chi connectivity index (χ0n) is 7.75. The third-order valence-electron chi connectivity index (χ3n) is 1.96. The first-order chi connectivity index (χ1) is 7.47. The molecule has 0 amide bonds. The van der Waals surface area contributed by atoms with Gasteiger partial charge >= 0.3 is 6.18 Å². The van der Waals surface area contributed by atoms with Crippen molar-refractivity contribution in [3.63, 3.8) is 0 Å². The van der Waals surface area contributed by atoms with Gasteiger partial charge in [-0.2, -0.15) is 13.2 Å². The Morgan fingerprint density at radius 2 is 2.00 bits per heavy atom. The molecule has 1 heterocycles. The molecule has 0 aliphatic rings. The molecule has 0 saturated heterocycles. The number of halogens is 4. The van der Waals surface area contributed by atoms with Crippen molar-refractivity contribution in [2.24, 2.45) is 0 Å². The van der Waals surface area contributed by atoms with E-state index in [1.165, 1.54) is 12.3 Å². The lowest BCUT2D eigenvalue weighted by Crippen LogP contribution is -2.04. The lowest BCUT2D eigenvalue weighted by Gasteiger charge is -2.06. The number of alkyl halides is 3. The summed E-state index contributed by atoms with van der Waals surface area (Å²) in [5.41, 5.74) is 0.0972. The second-order valence-corrected chi connectivity index (χ2v) is 3.99. The highest BCUT2D eigenvalue weighted by molar-refractivity contribution is 14.1. The predicted molar refractivity (Wildman–Crippen MR) is 59.7 cm³/mol. The molecule has 1 aromatic carbocycles. The van der Waals surface area contributed by atoms with Gasteiger partial charge in [0.2, 0.25) is 0 Å². The molecule has 16 heavy (non-hydrogen) atoms. The summed E-state index contributed by atoms with van der Waals surface area (Å²) in [6.07, 6.45) is -3.01. The Morgan fingerprint density at radius 3 is 2.56 bits per heavy atom. The SMILES string of the molecule is FC(F)(F)c1cccc(-c2coc(I)n2)c1. The van der Waals surface area contributed by atoms with Gasteiger partial charge in [0.15, 0.2) is 0 Å². The molecule has 0 unspecified atom stereocenters. The Labute approximate surface area is 103 Å². The molecule has 0 spiro atoms. The zero-order chi connectivity index (χ0) is 11.8. The van der Waals surface area contributed by atoms with Gasteiger partial charge in [-0.05, 0) is 12.1 Å². The van der Waals surface area contributed by atoms with Gasteiger partial charge in [0.05, 0.1) is 5.56 Å². The Hall–Kier alpha value is -1.05. The van der Waals surface area contributed by atoms with Crippen molar-refractivity contribution >= 4 is 22.6 Å². The molecular formula is C10H5F3INO. The van der Waals surface area contributed by atoms with Crippen LogP contribution in [0.25, 0.3) is 11.3 Å². The van der Waals surface area contributed by atoms with Gasteiger partial charge in [-0.15, -0.1) is 0 Å². The van der Waals surface area contributed by atoms with Gasteiger partial charge in [-0.25, -0.2) is 4.98 Å². The molecule has 0 atom stereocenters. The van der Waals surface area contributed by atoms with E-state index in [4.69, 9.17) is 4.42 Å². The zero-order valence-corrected chi connectivity index (χ0v) is 9.91. The lowest BCUT2D eigenvalue weighted by atomic mass is 10.1. The lowest BCUT2D eigenvalue weighted by molar-refractivity contribution is -0.137. The summed E-state index contributed by atoms with van der Waals surface area (Å²) < 4.78 is 42.7. The molecule has 2 rings (SSSR count). The van der Waals surface area contributed by atoms with Gasteiger partial charge in [-0.3, -0.25) is 0 Å². The fraction of sp³-hybridized carbons (Fsp3) is 0.100. The van der Waals surface area contributed by atoms with Gasteiger partial charge < -0.3 is 4.42 Å². The highest BCUT2D eigenvalue weighted by Crippen LogP contribution is 2.31. The quantitative estimate of drug-likeness (QED) is 0.735. The van der Waals surface area contributed by atoms with Crippen LogP contribution < -0.4 is 0 Å². The molecule has 2 aromatic rings. The van der Waals surface area contributed by atoms with Gasteiger partial charge in [0.25, 0.3) is 3.90 Å². The van der Waals surface area contributed by atoms with Crippen LogP contribution >= 0.6 is 22.6 Å². The largest absolute Gasteiger partial charge is 0.440 e. The van der Waals surface area contributed by atoms with E-state index in [-0.39, 0.29) is 0 Å². The fourth-order valence-electron chi connectivity index (χ4n) is 1.24. The van der Waals surface area contributed by atoms with E-state index in [2.05, 4.69) is 4.98 Å². The number of rotatable bonds is 1. The first kappa shape index (κ1) is 11.4. The topological polar surface area (TPSA) is 26.0 Å². The summed E-state index contributed by atoms with van der Waals surface area (Å²) >= 11 is 1.85. The average molecular weight is 339 g/mol. The monoisotopic (exact) mass is 339 g/mol. The predicted octanol–water partition coefficient (Wildman–Crippen LogP) is 3.97. The first-order valence-corrected chi connectivity index (χ1v) is 5.33. The Morgan fingerprint density at radius 1 is 1.25 bits per heavy atom. The van der Waals surface area contributed by atoms with Crippen molar-refractivity contribution in [2.75, 3.05) is 0 Å². The van der Waals surface area contributed by atoms with E-state index in [0.717, 1.165) is 12.1 Å². The van der Waals surface area contributed by atoms with Crippen LogP contribution in [-0.4, -0.2) is 4.98 Å². The maximum absolute atomic E-state index is 12.4. The number of benzene rings is 1. The maximum atomic E-state index is 12.4. The van der Waals surface area contributed by atoms with Crippen molar-refractivity contribution in [1.82, 2.24) is 4.98 Å². The van der Waals surface area contributed by atoms with Crippen LogP contribution in [0, 0.1) is 3.90 Å². The van der Waals surface area contributed by atoms with E-state index < -0.39 is 11.7 Å². The highest BCUT2D eigenvalue weighted by atomic mass is 127. The smallest absolute Gasteiger partial charge is 0.416 e. The minimum Gasteiger partial charge on any atom is -0.440 e. The normalized spacial score (nSPS) is 11.8. The molecule has 0 aliphatic heterocycles. The van der Waals surface area contributed by atoms with Crippen LogP contribution in [0.1, 0.15) is 5.56 Å². The average Bonchev–Trinajstić information content (AvgIpc) is 2.64. The van der Waals surface area contributed by atoms with E-state index in [9.17, 15) is 13.2 Å². The molecular weight excluding hydrogens is 334 g/mol. The van der Waals surface area contributed by atoms with Crippen molar-refractivity contribution in [3.8, 4) is 11.3 Å². The summed E-state index contributed by atoms with van der Waals surface area (Å²) in [6.45, 7) is 0. The molecule has 1 aromatic heterocycles. The minimum atomic E-state index is -4.34. The van der Waals surface area contributed by atoms with Gasteiger partial charge in [0.1, 0.15) is 12.0 Å². The number of hydrogen-bond donors (Lipinski definition) is 0. The van der Waals surface area contributed by atoms with Crippen molar-refractivity contribution < 1.29 is 17.6 Å². The Balaban J connectivity index is 2.44. The second kappa shape index (κ2) is 4.08. The van der Waals surface area contributed by atoms with Crippen LogP contribution in [0.15, 0.2) is 34.9 Å². The number of oxazole rings is 1. The van der Waals surface area contributed by atoms with E-state index in [0.29, 0.717) is 15.2 Å². The molecule has 0 N–H and O–H groups in total. The third-order valence-corrected chi connectivity index (χ3v) is 2.46. The van der Waals surface area contributed by atoms with Crippen molar-refractivity contribution in [1.29, 1.82) is 0 Å².